The van der Waals surface area contributed by atoms with Gasteiger partial charge in [-0.1, -0.05) is 44.2 Å². The van der Waals surface area contributed by atoms with Crippen molar-refractivity contribution in [2.24, 2.45) is 10.9 Å². The highest BCUT2D eigenvalue weighted by molar-refractivity contribution is 14.0. The Balaban J connectivity index is 0.00000288. The third-order valence-corrected chi connectivity index (χ3v) is 3.65. The van der Waals surface area contributed by atoms with Crippen LogP contribution in [0.5, 0.6) is 5.75 Å². The number of aliphatic imine (C=N–C) groups is 1. The lowest BCUT2D eigenvalue weighted by atomic mass is 10.2. The second kappa shape index (κ2) is 11.3. The highest BCUT2D eigenvalue weighted by atomic mass is 127. The van der Waals surface area contributed by atoms with Gasteiger partial charge in [0.15, 0.2) is 5.96 Å². The molecule has 24 heavy (non-hydrogen) atoms. The average molecular weight is 443 g/mol. The molecule has 0 spiro atoms. The van der Waals surface area contributed by atoms with Crippen LogP contribution >= 0.6 is 24.0 Å². The lowest BCUT2D eigenvalue weighted by Crippen LogP contribution is -2.42. The van der Waals surface area contributed by atoms with Crippen molar-refractivity contribution in [3.05, 3.63) is 42.0 Å². The fraction of sp³-hybridized carbons (Fsp3) is 0.526. The van der Waals surface area contributed by atoms with Gasteiger partial charge in [-0.25, -0.2) is 4.99 Å². The van der Waals surface area contributed by atoms with Gasteiger partial charge >= 0.3 is 0 Å². The molecule has 0 aliphatic heterocycles. The maximum absolute atomic E-state index is 5.90. The summed E-state index contributed by atoms with van der Waals surface area (Å²) >= 11 is 0. The van der Waals surface area contributed by atoms with Gasteiger partial charge < -0.3 is 15.4 Å². The van der Waals surface area contributed by atoms with Crippen LogP contribution in [0.1, 0.15) is 39.2 Å². The summed E-state index contributed by atoms with van der Waals surface area (Å²) in [6, 6.07) is 8.61. The number of rotatable bonds is 7. The SMILES string of the molecule is CCNC(=NCc1ccccc1OCC(C)C)NC1CC=CC1.I. The Bertz CT molecular complexity index is 535. The first kappa shape index (κ1) is 20.8. The molecule has 0 heterocycles. The highest BCUT2D eigenvalue weighted by Crippen LogP contribution is 2.19. The average Bonchev–Trinajstić information content (AvgIpc) is 3.04. The van der Waals surface area contributed by atoms with Crippen molar-refractivity contribution in [3.63, 3.8) is 0 Å². The predicted octanol–water partition coefficient (Wildman–Crippen LogP) is 4.11. The van der Waals surface area contributed by atoms with E-state index in [2.05, 4.69) is 49.6 Å². The number of hydrogen-bond acceptors (Lipinski definition) is 2. The summed E-state index contributed by atoms with van der Waals surface area (Å²) in [5.41, 5.74) is 1.12. The van der Waals surface area contributed by atoms with Crippen molar-refractivity contribution in [2.45, 2.75) is 46.2 Å². The van der Waals surface area contributed by atoms with Crippen molar-refractivity contribution in [1.29, 1.82) is 0 Å². The van der Waals surface area contributed by atoms with Gasteiger partial charge in [-0.05, 0) is 31.7 Å². The van der Waals surface area contributed by atoms with E-state index < -0.39 is 0 Å². The van der Waals surface area contributed by atoms with Gasteiger partial charge in [-0.2, -0.15) is 0 Å². The monoisotopic (exact) mass is 443 g/mol. The summed E-state index contributed by atoms with van der Waals surface area (Å²) in [4.78, 5) is 4.72. The van der Waals surface area contributed by atoms with Crippen LogP contribution < -0.4 is 15.4 Å². The van der Waals surface area contributed by atoms with E-state index in [1.54, 1.807) is 0 Å². The van der Waals surface area contributed by atoms with Crippen LogP contribution in [0.4, 0.5) is 0 Å². The van der Waals surface area contributed by atoms with E-state index in [-0.39, 0.29) is 24.0 Å². The molecule has 0 unspecified atom stereocenters. The lowest BCUT2D eigenvalue weighted by Gasteiger charge is -2.17. The zero-order chi connectivity index (χ0) is 16.5. The molecule has 1 aliphatic carbocycles. The highest BCUT2D eigenvalue weighted by Gasteiger charge is 2.11. The van der Waals surface area contributed by atoms with Crippen molar-refractivity contribution >= 4 is 29.9 Å². The first-order valence-electron chi connectivity index (χ1n) is 8.59. The van der Waals surface area contributed by atoms with E-state index >= 15 is 0 Å². The zero-order valence-electron chi connectivity index (χ0n) is 14.9. The quantitative estimate of drug-likeness (QED) is 0.289. The lowest BCUT2D eigenvalue weighted by molar-refractivity contribution is 0.268. The maximum atomic E-state index is 5.90. The minimum atomic E-state index is 0. The number of nitrogens with one attached hydrogen (secondary N) is 2. The second-order valence-corrected chi connectivity index (χ2v) is 6.29. The molecule has 134 valence electrons. The molecule has 2 rings (SSSR count). The zero-order valence-corrected chi connectivity index (χ0v) is 17.2. The molecule has 0 amide bonds. The van der Waals surface area contributed by atoms with Crippen LogP contribution in [0, 0.1) is 5.92 Å². The molecule has 0 atom stereocenters. The summed E-state index contributed by atoms with van der Waals surface area (Å²) < 4.78 is 5.90. The van der Waals surface area contributed by atoms with Crippen LogP contribution in [0.15, 0.2) is 41.4 Å². The summed E-state index contributed by atoms with van der Waals surface area (Å²) in [6.45, 7) is 8.60. The van der Waals surface area contributed by atoms with Gasteiger partial charge in [0.25, 0.3) is 0 Å². The second-order valence-electron chi connectivity index (χ2n) is 6.29. The molecule has 0 radical (unpaired) electrons. The Labute approximate surface area is 163 Å². The van der Waals surface area contributed by atoms with E-state index in [0.717, 1.165) is 43.3 Å². The van der Waals surface area contributed by atoms with Crippen molar-refractivity contribution in [1.82, 2.24) is 10.6 Å². The number of para-hydroxylation sites is 1. The molecular formula is C19H30IN3O. The standard InChI is InChI=1S/C19H29N3O.HI/c1-4-20-19(22-17-10-6-7-11-17)21-13-16-9-5-8-12-18(16)23-14-15(2)3;/h5-9,12,15,17H,4,10-11,13-14H2,1-3H3,(H2,20,21,22);1H. The summed E-state index contributed by atoms with van der Waals surface area (Å²) in [5.74, 6) is 2.32. The molecule has 1 aliphatic rings. The Hall–Kier alpha value is -1.24. The van der Waals surface area contributed by atoms with E-state index in [9.17, 15) is 0 Å². The molecule has 4 nitrogen and oxygen atoms in total. The Morgan fingerprint density at radius 2 is 1.96 bits per heavy atom. The number of guanidine groups is 1. The minimum absolute atomic E-state index is 0. The van der Waals surface area contributed by atoms with E-state index in [0.29, 0.717) is 18.5 Å². The summed E-state index contributed by atoms with van der Waals surface area (Å²) in [5, 5.41) is 6.81. The van der Waals surface area contributed by atoms with Crippen LogP contribution in [-0.2, 0) is 6.54 Å². The fourth-order valence-corrected chi connectivity index (χ4v) is 2.44. The molecule has 1 aromatic rings. The third-order valence-electron chi connectivity index (χ3n) is 3.65. The normalized spacial score (nSPS) is 14.6. The largest absolute Gasteiger partial charge is 0.493 e. The Morgan fingerprint density at radius 3 is 2.62 bits per heavy atom. The maximum Gasteiger partial charge on any atom is 0.191 e. The molecule has 5 heteroatoms. The third kappa shape index (κ3) is 7.11. The van der Waals surface area contributed by atoms with Gasteiger partial charge in [-0.15, -0.1) is 24.0 Å². The smallest absolute Gasteiger partial charge is 0.191 e. The molecular weight excluding hydrogens is 413 g/mol. The topological polar surface area (TPSA) is 45.7 Å². The van der Waals surface area contributed by atoms with E-state index in [1.807, 2.05) is 18.2 Å². The van der Waals surface area contributed by atoms with Crippen LogP contribution in [0.2, 0.25) is 0 Å². The fourth-order valence-electron chi connectivity index (χ4n) is 2.44. The van der Waals surface area contributed by atoms with Crippen molar-refractivity contribution in [2.75, 3.05) is 13.2 Å². The molecule has 1 aromatic carbocycles. The molecule has 0 bridgehead atoms. The molecule has 0 aromatic heterocycles. The van der Waals surface area contributed by atoms with Crippen molar-refractivity contribution in [3.8, 4) is 5.75 Å². The summed E-state index contributed by atoms with van der Waals surface area (Å²) in [6.07, 6.45) is 6.57. The van der Waals surface area contributed by atoms with Crippen LogP contribution in [0.3, 0.4) is 0 Å². The number of ether oxygens (including phenoxy) is 1. The molecule has 0 saturated carbocycles. The predicted molar refractivity (Wildman–Crippen MR) is 112 cm³/mol. The number of benzene rings is 1. The van der Waals surface area contributed by atoms with Gasteiger partial charge in [0, 0.05) is 18.2 Å². The van der Waals surface area contributed by atoms with Gasteiger partial charge in [-0.3, -0.25) is 0 Å². The van der Waals surface area contributed by atoms with Gasteiger partial charge in [0.05, 0.1) is 13.2 Å². The van der Waals surface area contributed by atoms with Crippen LogP contribution in [-0.4, -0.2) is 25.2 Å². The van der Waals surface area contributed by atoms with E-state index in [4.69, 9.17) is 9.73 Å². The number of nitrogens with zero attached hydrogens (tertiary/aromatic N) is 1. The minimum Gasteiger partial charge on any atom is -0.493 e. The van der Waals surface area contributed by atoms with Gasteiger partial charge in [0.1, 0.15) is 5.75 Å². The number of halogens is 1. The number of hydrogen-bond donors (Lipinski definition) is 2. The molecule has 0 saturated heterocycles. The molecule has 0 fully saturated rings. The first-order chi connectivity index (χ1) is 11.2. The molecule has 2 N–H and O–H groups in total. The van der Waals surface area contributed by atoms with Crippen molar-refractivity contribution < 1.29 is 4.74 Å². The first-order valence-corrected chi connectivity index (χ1v) is 8.59. The van der Waals surface area contributed by atoms with Gasteiger partial charge in [0.2, 0.25) is 0 Å². The summed E-state index contributed by atoms with van der Waals surface area (Å²) in [7, 11) is 0. The van der Waals surface area contributed by atoms with E-state index in [1.165, 1.54) is 0 Å². The Morgan fingerprint density at radius 1 is 1.25 bits per heavy atom. The Kier molecular flexibility index (Phi) is 9.83. The van der Waals surface area contributed by atoms with Crippen LogP contribution in [0.25, 0.3) is 0 Å².